The van der Waals surface area contributed by atoms with Gasteiger partial charge in [0.25, 0.3) is 11.8 Å². The van der Waals surface area contributed by atoms with Crippen molar-refractivity contribution in [3.63, 3.8) is 0 Å². The van der Waals surface area contributed by atoms with Gasteiger partial charge in [-0.15, -0.1) is 0 Å². The van der Waals surface area contributed by atoms with Crippen LogP contribution < -0.4 is 10.6 Å². The van der Waals surface area contributed by atoms with E-state index in [0.717, 1.165) is 35.1 Å². The summed E-state index contributed by atoms with van der Waals surface area (Å²) in [5.41, 5.74) is 3.83. The molecule has 1 unspecified atom stereocenters. The van der Waals surface area contributed by atoms with Gasteiger partial charge in [-0.1, -0.05) is 65.3 Å². The normalized spacial score (nSPS) is 17.1. The summed E-state index contributed by atoms with van der Waals surface area (Å²) < 4.78 is 0. The zero-order valence-corrected chi connectivity index (χ0v) is 22.3. The standard InChI is InChI=1S/C28H24Cl2N4O2S/c1-17-24(27(36)32-22-8-3-2-4-9-22)25(34-11-6-12-37-28(34)31-17)18-7-5-10-23(15-18)33-26(35)19-13-20(29)16-21(30)14-19/h2-5,7-10,13-16,25H,6,11-12H2,1H3,(H,32,36)(H,33,35). The third-order valence-corrected chi connectivity index (χ3v) is 7.63. The lowest BCUT2D eigenvalue weighted by Crippen LogP contribution is -2.43. The third kappa shape index (κ3) is 5.69. The van der Waals surface area contributed by atoms with Crippen LogP contribution in [-0.2, 0) is 4.79 Å². The lowest BCUT2D eigenvalue weighted by Gasteiger charge is -2.41. The van der Waals surface area contributed by atoms with Gasteiger partial charge < -0.3 is 15.5 Å². The minimum absolute atomic E-state index is 0.199. The van der Waals surface area contributed by atoms with E-state index in [1.54, 1.807) is 30.0 Å². The van der Waals surface area contributed by atoms with Gasteiger partial charge in [0, 0.05) is 39.3 Å². The molecule has 0 spiro atoms. The van der Waals surface area contributed by atoms with Gasteiger partial charge in [-0.3, -0.25) is 9.59 Å². The monoisotopic (exact) mass is 550 g/mol. The maximum atomic E-state index is 13.6. The van der Waals surface area contributed by atoms with Crippen molar-refractivity contribution in [1.29, 1.82) is 0 Å². The molecule has 2 aliphatic rings. The molecule has 1 atom stereocenters. The fourth-order valence-corrected chi connectivity index (χ4v) is 6.05. The highest BCUT2D eigenvalue weighted by Gasteiger charge is 2.37. The summed E-state index contributed by atoms with van der Waals surface area (Å²) in [7, 11) is 0. The number of aliphatic imine (C=N–C) groups is 1. The predicted molar refractivity (Wildman–Crippen MR) is 153 cm³/mol. The van der Waals surface area contributed by atoms with Crippen LogP contribution in [0, 0.1) is 0 Å². The van der Waals surface area contributed by atoms with E-state index in [9.17, 15) is 9.59 Å². The maximum Gasteiger partial charge on any atom is 0.255 e. The summed E-state index contributed by atoms with van der Waals surface area (Å²) in [4.78, 5) is 33.5. The predicted octanol–water partition coefficient (Wildman–Crippen LogP) is 7.01. The molecule has 2 N–H and O–H groups in total. The number of allylic oxidation sites excluding steroid dienone is 1. The van der Waals surface area contributed by atoms with Gasteiger partial charge in [0.2, 0.25) is 0 Å². The van der Waals surface area contributed by atoms with Crippen molar-refractivity contribution in [3.8, 4) is 0 Å². The Labute approximate surface area is 229 Å². The van der Waals surface area contributed by atoms with Gasteiger partial charge >= 0.3 is 0 Å². The SMILES string of the molecule is CC1=C(C(=O)Nc2ccccc2)C(c2cccc(NC(=O)c3cc(Cl)cc(Cl)c3)c2)N2CCCSC2=N1. The number of fused-ring (bicyclic) bond motifs is 1. The fourth-order valence-electron chi connectivity index (χ4n) is 4.50. The highest BCUT2D eigenvalue weighted by molar-refractivity contribution is 8.13. The molecule has 0 aliphatic carbocycles. The second-order valence-corrected chi connectivity index (χ2v) is 10.7. The van der Waals surface area contributed by atoms with E-state index in [1.807, 2.05) is 61.5 Å². The number of nitrogens with one attached hydrogen (secondary N) is 2. The van der Waals surface area contributed by atoms with Crippen LogP contribution in [0.5, 0.6) is 0 Å². The average molecular weight is 551 g/mol. The van der Waals surface area contributed by atoms with Gasteiger partial charge in [0.05, 0.1) is 17.3 Å². The van der Waals surface area contributed by atoms with Crippen molar-refractivity contribution in [3.05, 3.63) is 105 Å². The lowest BCUT2D eigenvalue weighted by atomic mass is 9.93. The first-order chi connectivity index (χ1) is 17.9. The molecular formula is C28H24Cl2N4O2S. The quantitative estimate of drug-likeness (QED) is 0.358. The van der Waals surface area contributed by atoms with Gasteiger partial charge in [-0.05, 0) is 61.4 Å². The molecule has 2 heterocycles. The number of benzene rings is 3. The topological polar surface area (TPSA) is 73.8 Å². The van der Waals surface area contributed by atoms with Gasteiger partial charge in [0.1, 0.15) is 0 Å². The first-order valence-corrected chi connectivity index (χ1v) is 13.6. The molecule has 3 aromatic rings. The van der Waals surface area contributed by atoms with Crippen LogP contribution in [0.1, 0.15) is 35.3 Å². The Kier molecular flexibility index (Phi) is 7.55. The van der Waals surface area contributed by atoms with Crippen molar-refractivity contribution < 1.29 is 9.59 Å². The van der Waals surface area contributed by atoms with Crippen molar-refractivity contribution >= 4 is 63.3 Å². The molecular weight excluding hydrogens is 527 g/mol. The number of para-hydroxylation sites is 1. The number of rotatable bonds is 5. The van der Waals surface area contributed by atoms with Crippen molar-refractivity contribution in [1.82, 2.24) is 4.90 Å². The van der Waals surface area contributed by atoms with Crippen LogP contribution >= 0.6 is 35.0 Å². The largest absolute Gasteiger partial charge is 0.340 e. The Morgan fingerprint density at radius 2 is 1.62 bits per heavy atom. The number of anilines is 2. The number of carbonyl (C=O) groups excluding carboxylic acids is 2. The molecule has 0 saturated carbocycles. The molecule has 188 valence electrons. The maximum absolute atomic E-state index is 13.6. The highest BCUT2D eigenvalue weighted by atomic mass is 35.5. The Morgan fingerprint density at radius 3 is 2.38 bits per heavy atom. The van der Waals surface area contributed by atoms with E-state index < -0.39 is 0 Å². The summed E-state index contributed by atoms with van der Waals surface area (Å²) in [5.74, 6) is 0.462. The molecule has 3 aromatic carbocycles. The molecule has 5 rings (SSSR count). The number of amidine groups is 1. The Bertz CT molecular complexity index is 1400. The molecule has 1 saturated heterocycles. The van der Waals surface area contributed by atoms with Crippen LogP contribution in [-0.4, -0.2) is 34.2 Å². The summed E-state index contributed by atoms with van der Waals surface area (Å²) in [6.45, 7) is 2.66. The zero-order valence-electron chi connectivity index (χ0n) is 20.0. The zero-order chi connectivity index (χ0) is 25.9. The van der Waals surface area contributed by atoms with E-state index >= 15 is 0 Å². The third-order valence-electron chi connectivity index (χ3n) is 6.12. The van der Waals surface area contributed by atoms with E-state index in [-0.39, 0.29) is 17.9 Å². The first kappa shape index (κ1) is 25.4. The Hall–Kier alpha value is -3.26. The molecule has 1 fully saturated rings. The second kappa shape index (κ2) is 11.0. The van der Waals surface area contributed by atoms with Gasteiger partial charge in [-0.25, -0.2) is 4.99 Å². The van der Waals surface area contributed by atoms with E-state index in [1.165, 1.54) is 0 Å². The number of hydrogen-bond acceptors (Lipinski definition) is 5. The average Bonchev–Trinajstić information content (AvgIpc) is 2.88. The van der Waals surface area contributed by atoms with Crippen LogP contribution in [0.4, 0.5) is 11.4 Å². The highest BCUT2D eigenvalue weighted by Crippen LogP contribution is 2.40. The molecule has 0 radical (unpaired) electrons. The van der Waals surface area contributed by atoms with E-state index in [4.69, 9.17) is 28.2 Å². The molecule has 2 aliphatic heterocycles. The lowest BCUT2D eigenvalue weighted by molar-refractivity contribution is -0.113. The molecule has 6 nitrogen and oxygen atoms in total. The van der Waals surface area contributed by atoms with Crippen molar-refractivity contribution in [2.45, 2.75) is 19.4 Å². The number of nitrogens with zero attached hydrogens (tertiary/aromatic N) is 2. The Morgan fingerprint density at radius 1 is 0.919 bits per heavy atom. The summed E-state index contributed by atoms with van der Waals surface area (Å²) in [6, 6.07) is 21.3. The van der Waals surface area contributed by atoms with Crippen LogP contribution in [0.2, 0.25) is 10.0 Å². The first-order valence-electron chi connectivity index (χ1n) is 11.8. The van der Waals surface area contributed by atoms with Crippen LogP contribution in [0.15, 0.2) is 89.1 Å². The minimum atomic E-state index is -0.346. The number of thioether (sulfide) groups is 1. The van der Waals surface area contributed by atoms with Crippen molar-refractivity contribution in [2.75, 3.05) is 22.9 Å². The molecule has 37 heavy (non-hydrogen) atoms. The molecule has 0 bridgehead atoms. The second-order valence-electron chi connectivity index (χ2n) is 8.75. The summed E-state index contributed by atoms with van der Waals surface area (Å²) >= 11 is 13.9. The number of carbonyl (C=O) groups is 2. The van der Waals surface area contributed by atoms with Crippen LogP contribution in [0.3, 0.4) is 0 Å². The molecule has 2 amide bonds. The van der Waals surface area contributed by atoms with Gasteiger partial charge in [-0.2, -0.15) is 0 Å². The minimum Gasteiger partial charge on any atom is -0.340 e. The fraction of sp³-hybridized carbons (Fsp3) is 0.179. The van der Waals surface area contributed by atoms with E-state index in [2.05, 4.69) is 15.5 Å². The van der Waals surface area contributed by atoms with Crippen LogP contribution in [0.25, 0.3) is 0 Å². The van der Waals surface area contributed by atoms with E-state index in [0.29, 0.717) is 32.6 Å². The van der Waals surface area contributed by atoms with Gasteiger partial charge in [0.15, 0.2) is 5.17 Å². The Balaban J connectivity index is 1.48. The summed E-state index contributed by atoms with van der Waals surface area (Å²) in [6.07, 6.45) is 0.985. The van der Waals surface area contributed by atoms with Crippen molar-refractivity contribution in [2.24, 2.45) is 4.99 Å². The number of halogens is 2. The smallest absolute Gasteiger partial charge is 0.255 e. The number of hydrogen-bond donors (Lipinski definition) is 2. The number of amides is 2. The summed E-state index contributed by atoms with van der Waals surface area (Å²) in [5, 5.41) is 7.64. The molecule has 0 aromatic heterocycles. The molecule has 9 heteroatoms.